The van der Waals surface area contributed by atoms with Crippen molar-refractivity contribution >= 4 is 34.6 Å². The Balaban J connectivity index is 0.000000242. The van der Waals surface area contributed by atoms with Gasteiger partial charge in [-0.2, -0.15) is 8.62 Å². The average molecular weight is 410 g/mol. The van der Waals surface area contributed by atoms with Crippen molar-refractivity contribution < 1.29 is 46.8 Å². The molecule has 0 spiro atoms. The van der Waals surface area contributed by atoms with E-state index in [1.165, 1.54) is 6.33 Å². The number of imidazole rings is 1. The monoisotopic (exact) mass is 410 g/mol. The van der Waals surface area contributed by atoms with Crippen LogP contribution in [-0.4, -0.2) is 44.4 Å². The zero-order valence-corrected chi connectivity index (χ0v) is 13.6. The van der Waals surface area contributed by atoms with E-state index in [1.54, 1.807) is 0 Å². The van der Waals surface area contributed by atoms with Gasteiger partial charge in [0.2, 0.25) is 0 Å². The van der Waals surface area contributed by atoms with Gasteiger partial charge in [-0.3, -0.25) is 14.8 Å². The summed E-state index contributed by atoms with van der Waals surface area (Å²) in [7, 11) is -16.2. The van der Waals surface area contributed by atoms with Gasteiger partial charge in [0.05, 0.1) is 6.33 Å². The molecule has 0 radical (unpaired) electrons. The number of fused-ring (bicyclic) bond motifs is 1. The average Bonchev–Trinajstić information content (AvgIpc) is 2.70. The van der Waals surface area contributed by atoms with Crippen molar-refractivity contribution in [3.63, 3.8) is 0 Å². The van der Waals surface area contributed by atoms with Crippen molar-refractivity contribution in [2.75, 3.05) is 0 Å². The Labute approximate surface area is 129 Å². The molecule has 0 amide bonds. The number of aromatic nitrogens is 4. The summed E-state index contributed by atoms with van der Waals surface area (Å²) in [6, 6.07) is 0. The Morgan fingerprint density at radius 2 is 1.42 bits per heavy atom. The fraction of sp³-hybridized carbons (Fsp3) is 0. The third kappa shape index (κ3) is 7.42. The molecular weight excluding hydrogens is 401 g/mol. The third-order valence-electron chi connectivity index (χ3n) is 1.74. The summed E-state index contributed by atoms with van der Waals surface area (Å²) in [5.41, 5.74) is -0.445. The topological polar surface area (TPSA) is 265 Å². The number of hydrogen-bond donors (Lipinski definition) is 8. The molecule has 136 valence electrons. The van der Waals surface area contributed by atoms with E-state index >= 15 is 0 Å². The lowest BCUT2D eigenvalue weighted by Gasteiger charge is -2.11. The van der Waals surface area contributed by atoms with Gasteiger partial charge in [0.15, 0.2) is 5.65 Å². The van der Waals surface area contributed by atoms with Crippen LogP contribution in [0.3, 0.4) is 0 Å². The molecule has 2 rings (SSSR count). The zero-order valence-electron chi connectivity index (χ0n) is 11.0. The lowest BCUT2D eigenvalue weighted by molar-refractivity contribution is 0.204. The third-order valence-corrected chi connectivity index (χ3v) is 5.10. The summed E-state index contributed by atoms with van der Waals surface area (Å²) in [4.78, 5) is 72.5. The summed E-state index contributed by atoms with van der Waals surface area (Å²) in [5, 5.41) is 0. The molecule has 0 aromatic carbocycles. The van der Waals surface area contributed by atoms with Crippen LogP contribution in [0.2, 0.25) is 0 Å². The molecule has 0 saturated carbocycles. The molecule has 0 fully saturated rings. The standard InChI is InChI=1S/C5H4N4O2.H5O10P3/c10-4-2-3(7-1-6-2)8-5(11)9-4;1-11(2,3)9-13(7,8)10-12(4,5)6/h1H,(H3,6,7,8,9,10,11);(H,7,8)(H2,1,2,3)(H2,4,5,6). The minimum Gasteiger partial charge on any atom is -0.339 e. The minimum absolute atomic E-state index is 0.277. The molecule has 8 N–H and O–H groups in total. The van der Waals surface area contributed by atoms with E-state index in [4.69, 9.17) is 24.5 Å². The molecule has 24 heavy (non-hydrogen) atoms. The van der Waals surface area contributed by atoms with E-state index < -0.39 is 34.7 Å². The fourth-order valence-corrected chi connectivity index (χ4v) is 3.69. The number of hydrogen-bond acceptors (Lipinski definition) is 8. The highest BCUT2D eigenvalue weighted by atomic mass is 31.3. The van der Waals surface area contributed by atoms with E-state index in [-0.39, 0.29) is 11.2 Å². The molecule has 0 aliphatic rings. The Hall–Kier alpha value is -1.44. The summed E-state index contributed by atoms with van der Waals surface area (Å²) in [6.07, 6.45) is 1.34. The first-order valence-electron chi connectivity index (χ1n) is 5.21. The second-order valence-electron chi connectivity index (χ2n) is 3.65. The number of nitrogens with one attached hydrogen (secondary N) is 3. The number of aromatic amines is 3. The van der Waals surface area contributed by atoms with Crippen LogP contribution in [0.25, 0.3) is 11.2 Å². The SMILES string of the molecule is O=P(O)(O)OP(=O)(O)OP(=O)(O)O.O=c1[nH]c(=O)c2[nH]cnc2[nH]1. The van der Waals surface area contributed by atoms with Crippen LogP contribution in [0.1, 0.15) is 0 Å². The van der Waals surface area contributed by atoms with Crippen molar-refractivity contribution in [3.8, 4) is 0 Å². The number of nitrogens with zero attached hydrogens (tertiary/aromatic N) is 1. The minimum atomic E-state index is -5.46. The van der Waals surface area contributed by atoms with Crippen LogP contribution < -0.4 is 11.2 Å². The highest BCUT2D eigenvalue weighted by molar-refractivity contribution is 7.66. The summed E-state index contributed by atoms with van der Waals surface area (Å²) < 4.78 is 36.4. The lowest BCUT2D eigenvalue weighted by atomic mass is 10.5. The number of phosphoric acid groups is 3. The zero-order chi connectivity index (χ0) is 18.8. The van der Waals surface area contributed by atoms with Crippen LogP contribution in [0.5, 0.6) is 0 Å². The first kappa shape index (κ1) is 20.6. The normalized spacial score (nSPS) is 12.7. The summed E-state index contributed by atoms with van der Waals surface area (Å²) in [6.45, 7) is 0. The fourth-order valence-electron chi connectivity index (χ4n) is 1.15. The van der Waals surface area contributed by atoms with E-state index in [0.717, 1.165) is 0 Å². The molecule has 0 unspecified atom stereocenters. The van der Waals surface area contributed by atoms with Gasteiger partial charge in [0.25, 0.3) is 5.56 Å². The maximum Gasteiger partial charge on any atom is 0.490 e. The maximum atomic E-state index is 10.9. The highest BCUT2D eigenvalue weighted by Crippen LogP contribution is 2.64. The van der Waals surface area contributed by atoms with E-state index in [1.807, 2.05) is 0 Å². The van der Waals surface area contributed by atoms with Crippen molar-refractivity contribution in [2.24, 2.45) is 0 Å². The predicted octanol–water partition coefficient (Wildman–Crippen LogP) is -1.76. The van der Waals surface area contributed by atoms with Gasteiger partial charge in [-0.05, 0) is 0 Å². The lowest BCUT2D eigenvalue weighted by Crippen LogP contribution is -2.21. The van der Waals surface area contributed by atoms with Crippen molar-refractivity contribution in [3.05, 3.63) is 27.2 Å². The van der Waals surface area contributed by atoms with Gasteiger partial charge in [-0.15, -0.1) is 0 Å². The highest BCUT2D eigenvalue weighted by Gasteiger charge is 2.38. The molecule has 0 aliphatic carbocycles. The quantitative estimate of drug-likeness (QED) is 0.260. The second-order valence-corrected chi connectivity index (χ2v) is 7.85. The van der Waals surface area contributed by atoms with Crippen molar-refractivity contribution in [2.45, 2.75) is 0 Å². The van der Waals surface area contributed by atoms with Gasteiger partial charge < -0.3 is 29.5 Å². The smallest absolute Gasteiger partial charge is 0.339 e. The largest absolute Gasteiger partial charge is 0.490 e. The van der Waals surface area contributed by atoms with E-state index in [9.17, 15) is 23.3 Å². The van der Waals surface area contributed by atoms with Crippen LogP contribution >= 0.6 is 23.5 Å². The number of H-pyrrole nitrogens is 3. The van der Waals surface area contributed by atoms with E-state index in [2.05, 4.69) is 28.6 Å². The van der Waals surface area contributed by atoms with Gasteiger partial charge >= 0.3 is 29.2 Å². The first-order valence-corrected chi connectivity index (χ1v) is 9.76. The molecule has 0 atom stereocenters. The molecule has 2 aromatic rings. The van der Waals surface area contributed by atoms with Crippen LogP contribution in [0.15, 0.2) is 15.9 Å². The van der Waals surface area contributed by atoms with Crippen molar-refractivity contribution in [1.29, 1.82) is 0 Å². The molecule has 0 aliphatic heterocycles. The number of rotatable bonds is 4. The molecule has 0 bridgehead atoms. The second kappa shape index (κ2) is 7.21. The van der Waals surface area contributed by atoms with Gasteiger partial charge in [-0.1, -0.05) is 0 Å². The molecule has 16 nitrogen and oxygen atoms in total. The Kier molecular flexibility index (Phi) is 6.19. The Morgan fingerprint density at radius 3 is 1.88 bits per heavy atom. The molecule has 2 heterocycles. The molecule has 2 aromatic heterocycles. The Bertz CT molecular complexity index is 933. The molecule has 0 saturated heterocycles. The predicted molar refractivity (Wildman–Crippen MR) is 73.4 cm³/mol. The van der Waals surface area contributed by atoms with Crippen molar-refractivity contribution in [1.82, 2.24) is 19.9 Å². The molecule has 19 heteroatoms. The summed E-state index contributed by atoms with van der Waals surface area (Å²) >= 11 is 0. The van der Waals surface area contributed by atoms with E-state index in [0.29, 0.717) is 0 Å². The summed E-state index contributed by atoms with van der Waals surface area (Å²) in [5.74, 6) is 0. The van der Waals surface area contributed by atoms with Crippen LogP contribution in [0, 0.1) is 0 Å². The van der Waals surface area contributed by atoms with Gasteiger partial charge in [0.1, 0.15) is 5.52 Å². The molecular formula is C5H9N4O12P3. The van der Waals surface area contributed by atoms with Gasteiger partial charge in [-0.25, -0.2) is 23.5 Å². The van der Waals surface area contributed by atoms with Crippen LogP contribution in [-0.2, 0) is 22.3 Å². The van der Waals surface area contributed by atoms with Gasteiger partial charge in [0, 0.05) is 0 Å². The Morgan fingerprint density at radius 1 is 0.917 bits per heavy atom. The maximum absolute atomic E-state index is 10.9. The first-order chi connectivity index (χ1) is 10.7. The van der Waals surface area contributed by atoms with Crippen LogP contribution in [0.4, 0.5) is 0 Å².